The average molecular weight is 333 g/mol. The van der Waals surface area contributed by atoms with Crippen molar-refractivity contribution in [2.75, 3.05) is 19.8 Å². The summed E-state index contributed by atoms with van der Waals surface area (Å²) in [6.07, 6.45) is -1.75. The predicted molar refractivity (Wildman–Crippen MR) is 84.6 cm³/mol. The Kier molecular flexibility index (Phi) is 9.01. The number of nitrogens with one attached hydrogen (secondary N) is 1. The molecule has 1 fully saturated rings. The maximum absolute atomic E-state index is 11.6. The predicted octanol–water partition coefficient (Wildman–Crippen LogP) is 0.0206. The van der Waals surface area contributed by atoms with Crippen molar-refractivity contribution in [3.05, 3.63) is 0 Å². The minimum absolute atomic E-state index is 0.0415. The summed E-state index contributed by atoms with van der Waals surface area (Å²) < 4.78 is 11.1. The Morgan fingerprint density at radius 2 is 1.96 bits per heavy atom. The number of amides is 1. The molecule has 1 saturated heterocycles. The van der Waals surface area contributed by atoms with E-state index in [9.17, 15) is 15.0 Å². The molecule has 7 nitrogen and oxygen atoms in total. The molecule has 5 atom stereocenters. The highest BCUT2D eigenvalue weighted by Crippen LogP contribution is 2.26. The molecule has 2 unspecified atom stereocenters. The SMILES string of the molecule is CC(C)CNC(=O)CCCCO[C@@H]1OC(CO)[C@H](O)C(O)[C@@H]1C. The van der Waals surface area contributed by atoms with E-state index in [4.69, 9.17) is 14.6 Å². The van der Waals surface area contributed by atoms with Gasteiger partial charge in [0.05, 0.1) is 12.7 Å². The molecule has 1 heterocycles. The van der Waals surface area contributed by atoms with Crippen molar-refractivity contribution in [1.29, 1.82) is 0 Å². The normalized spacial score (nSPS) is 31.3. The highest BCUT2D eigenvalue weighted by atomic mass is 16.7. The first-order valence-electron chi connectivity index (χ1n) is 8.37. The quantitative estimate of drug-likeness (QED) is 0.443. The molecular formula is C16H31NO6. The van der Waals surface area contributed by atoms with Gasteiger partial charge in [-0.25, -0.2) is 0 Å². The summed E-state index contributed by atoms with van der Waals surface area (Å²) in [5.74, 6) is 0.0930. The monoisotopic (exact) mass is 333 g/mol. The largest absolute Gasteiger partial charge is 0.394 e. The van der Waals surface area contributed by atoms with Crippen molar-refractivity contribution < 1.29 is 29.6 Å². The van der Waals surface area contributed by atoms with Gasteiger partial charge in [-0.05, 0) is 18.8 Å². The first-order chi connectivity index (χ1) is 10.9. The van der Waals surface area contributed by atoms with E-state index >= 15 is 0 Å². The number of hydrogen-bond donors (Lipinski definition) is 4. The van der Waals surface area contributed by atoms with E-state index in [0.717, 1.165) is 0 Å². The van der Waals surface area contributed by atoms with Crippen LogP contribution in [0.25, 0.3) is 0 Å². The van der Waals surface area contributed by atoms with Crippen LogP contribution in [0.1, 0.15) is 40.0 Å². The number of ether oxygens (including phenoxy) is 2. The van der Waals surface area contributed by atoms with Crippen molar-refractivity contribution in [2.45, 2.75) is 64.6 Å². The number of rotatable bonds is 9. The van der Waals surface area contributed by atoms with Gasteiger partial charge in [-0.2, -0.15) is 0 Å². The third-order valence-electron chi connectivity index (χ3n) is 3.98. The number of carbonyl (C=O) groups excluding carboxylic acids is 1. The van der Waals surface area contributed by atoms with E-state index in [1.54, 1.807) is 6.92 Å². The van der Waals surface area contributed by atoms with Crippen LogP contribution in [0.3, 0.4) is 0 Å². The molecular weight excluding hydrogens is 302 g/mol. The Bertz CT molecular complexity index is 349. The van der Waals surface area contributed by atoms with Gasteiger partial charge in [0.15, 0.2) is 6.29 Å². The Balaban J connectivity index is 2.21. The second-order valence-electron chi connectivity index (χ2n) is 6.59. The van der Waals surface area contributed by atoms with Crippen LogP contribution in [-0.4, -0.2) is 65.6 Å². The molecule has 1 aliphatic rings. The molecule has 0 bridgehead atoms. The van der Waals surface area contributed by atoms with Gasteiger partial charge in [-0.3, -0.25) is 4.79 Å². The molecule has 1 amide bonds. The second kappa shape index (κ2) is 10.2. The molecule has 1 rings (SSSR count). The average Bonchev–Trinajstić information content (AvgIpc) is 2.52. The van der Waals surface area contributed by atoms with E-state index < -0.39 is 24.6 Å². The molecule has 1 aliphatic heterocycles. The first kappa shape index (κ1) is 20.3. The molecule has 23 heavy (non-hydrogen) atoms. The fraction of sp³-hybridized carbons (Fsp3) is 0.938. The van der Waals surface area contributed by atoms with Crippen LogP contribution in [0, 0.1) is 11.8 Å². The van der Waals surface area contributed by atoms with E-state index in [1.807, 2.05) is 13.8 Å². The summed E-state index contributed by atoms with van der Waals surface area (Å²) in [7, 11) is 0. The number of hydrogen-bond acceptors (Lipinski definition) is 6. The maximum atomic E-state index is 11.6. The molecule has 0 radical (unpaired) electrons. The smallest absolute Gasteiger partial charge is 0.220 e. The third kappa shape index (κ3) is 6.73. The minimum Gasteiger partial charge on any atom is -0.394 e. The van der Waals surface area contributed by atoms with E-state index in [-0.39, 0.29) is 18.4 Å². The Morgan fingerprint density at radius 1 is 1.26 bits per heavy atom. The van der Waals surface area contributed by atoms with Crippen LogP contribution in [0.2, 0.25) is 0 Å². The van der Waals surface area contributed by atoms with Crippen LogP contribution in [0.15, 0.2) is 0 Å². The number of aliphatic hydroxyl groups is 3. The molecule has 0 saturated carbocycles. The molecule has 0 aromatic rings. The lowest BCUT2D eigenvalue weighted by Gasteiger charge is -2.40. The standard InChI is InChI=1S/C16H31NO6/c1-10(2)8-17-13(19)6-4-5-7-22-16-11(3)14(20)15(21)12(9-18)23-16/h10-12,14-16,18,20-21H,4-9H2,1-3H3,(H,17,19)/t11-,12?,14?,15-,16+/m0/s1. The van der Waals surface area contributed by atoms with Gasteiger partial charge < -0.3 is 30.1 Å². The van der Waals surface area contributed by atoms with Crippen LogP contribution >= 0.6 is 0 Å². The summed E-state index contributed by atoms with van der Waals surface area (Å²) in [5, 5.41) is 31.7. The zero-order valence-electron chi connectivity index (χ0n) is 14.3. The second-order valence-corrected chi connectivity index (χ2v) is 6.59. The van der Waals surface area contributed by atoms with Crippen LogP contribution in [0.4, 0.5) is 0 Å². The summed E-state index contributed by atoms with van der Waals surface area (Å²) >= 11 is 0. The minimum atomic E-state index is -1.11. The van der Waals surface area contributed by atoms with E-state index in [0.29, 0.717) is 38.3 Å². The highest BCUT2D eigenvalue weighted by molar-refractivity contribution is 5.75. The van der Waals surface area contributed by atoms with Gasteiger partial charge in [0, 0.05) is 25.5 Å². The Hall–Kier alpha value is -0.730. The summed E-state index contributed by atoms with van der Waals surface area (Å²) in [5.41, 5.74) is 0. The van der Waals surface area contributed by atoms with Gasteiger partial charge in [0.1, 0.15) is 12.2 Å². The van der Waals surface area contributed by atoms with Crippen LogP contribution in [-0.2, 0) is 14.3 Å². The number of aliphatic hydroxyl groups excluding tert-OH is 3. The fourth-order valence-corrected chi connectivity index (χ4v) is 2.40. The summed E-state index contributed by atoms with van der Waals surface area (Å²) in [6, 6.07) is 0. The highest BCUT2D eigenvalue weighted by Gasteiger charge is 2.42. The topological polar surface area (TPSA) is 108 Å². The summed E-state index contributed by atoms with van der Waals surface area (Å²) in [6.45, 7) is 6.53. The third-order valence-corrected chi connectivity index (χ3v) is 3.98. The van der Waals surface area contributed by atoms with Gasteiger partial charge in [-0.15, -0.1) is 0 Å². The summed E-state index contributed by atoms with van der Waals surface area (Å²) in [4.78, 5) is 11.6. The molecule has 4 N–H and O–H groups in total. The molecule has 136 valence electrons. The zero-order chi connectivity index (χ0) is 17.4. The maximum Gasteiger partial charge on any atom is 0.220 e. The van der Waals surface area contributed by atoms with Gasteiger partial charge in [0.2, 0.25) is 5.91 Å². The Labute approximate surface area is 138 Å². The lowest BCUT2D eigenvalue weighted by molar-refractivity contribution is -0.282. The van der Waals surface area contributed by atoms with Crippen LogP contribution in [0.5, 0.6) is 0 Å². The van der Waals surface area contributed by atoms with E-state index in [2.05, 4.69) is 5.32 Å². The van der Waals surface area contributed by atoms with Crippen molar-refractivity contribution in [2.24, 2.45) is 11.8 Å². The number of carbonyl (C=O) groups is 1. The molecule has 0 aromatic heterocycles. The zero-order valence-corrected chi connectivity index (χ0v) is 14.3. The fourth-order valence-electron chi connectivity index (χ4n) is 2.40. The molecule has 0 spiro atoms. The van der Waals surface area contributed by atoms with Gasteiger partial charge in [-0.1, -0.05) is 20.8 Å². The lowest BCUT2D eigenvalue weighted by Crippen LogP contribution is -2.55. The molecule has 7 heteroatoms. The first-order valence-corrected chi connectivity index (χ1v) is 8.37. The van der Waals surface area contributed by atoms with Crippen molar-refractivity contribution >= 4 is 5.91 Å². The number of unbranched alkanes of at least 4 members (excludes halogenated alkanes) is 1. The lowest BCUT2D eigenvalue weighted by atomic mass is 9.92. The Morgan fingerprint density at radius 3 is 2.57 bits per heavy atom. The van der Waals surface area contributed by atoms with Crippen molar-refractivity contribution in [3.8, 4) is 0 Å². The van der Waals surface area contributed by atoms with E-state index in [1.165, 1.54) is 0 Å². The van der Waals surface area contributed by atoms with Gasteiger partial charge >= 0.3 is 0 Å². The van der Waals surface area contributed by atoms with Gasteiger partial charge in [0.25, 0.3) is 0 Å². The van der Waals surface area contributed by atoms with Crippen LogP contribution < -0.4 is 5.32 Å². The molecule has 0 aliphatic carbocycles. The van der Waals surface area contributed by atoms with Crippen molar-refractivity contribution in [1.82, 2.24) is 5.32 Å². The van der Waals surface area contributed by atoms with Crippen molar-refractivity contribution in [3.63, 3.8) is 0 Å². The molecule has 0 aromatic carbocycles.